The molecule has 0 unspecified atom stereocenters. The van der Waals surface area contributed by atoms with Gasteiger partial charge in [0.2, 0.25) is 5.75 Å². The van der Waals surface area contributed by atoms with E-state index in [2.05, 4.69) is 4.99 Å². The van der Waals surface area contributed by atoms with Gasteiger partial charge in [-0.15, -0.1) is 0 Å². The van der Waals surface area contributed by atoms with Crippen LogP contribution in [0.4, 0.5) is 0 Å². The van der Waals surface area contributed by atoms with Gasteiger partial charge in [-0.2, -0.15) is 0 Å². The molecule has 0 aliphatic carbocycles. The van der Waals surface area contributed by atoms with E-state index in [4.69, 9.17) is 23.9 Å². The normalized spacial score (nSPS) is 12.1. The number of hydrogen-bond acceptors (Lipinski definition) is 7. The van der Waals surface area contributed by atoms with Crippen LogP contribution >= 0.6 is 0 Å². The lowest BCUT2D eigenvalue weighted by atomic mass is 9.96. The lowest BCUT2D eigenvalue weighted by Gasteiger charge is -2.15. The number of pyridine rings is 1. The molecule has 8 heteroatoms. The number of rotatable bonds is 7. The zero-order valence-corrected chi connectivity index (χ0v) is 18.1. The Balaban J connectivity index is 1.84. The molecule has 0 radical (unpaired) electrons. The predicted octanol–water partition coefficient (Wildman–Crippen LogP) is 3.83. The Labute approximate surface area is 185 Å². The minimum atomic E-state index is -1.06. The van der Waals surface area contributed by atoms with Crippen molar-refractivity contribution in [3.63, 3.8) is 0 Å². The van der Waals surface area contributed by atoms with Crippen LogP contribution in [0, 0.1) is 0 Å². The van der Waals surface area contributed by atoms with Gasteiger partial charge < -0.3 is 24.1 Å². The van der Waals surface area contributed by atoms with E-state index >= 15 is 0 Å². The zero-order chi connectivity index (χ0) is 22.8. The van der Waals surface area contributed by atoms with Crippen LogP contribution in [0.1, 0.15) is 27.2 Å². The van der Waals surface area contributed by atoms with Crippen molar-refractivity contribution in [2.24, 2.45) is 4.99 Å². The molecule has 0 saturated carbocycles. The summed E-state index contributed by atoms with van der Waals surface area (Å²) in [6, 6.07) is 12.4. The van der Waals surface area contributed by atoms with Crippen LogP contribution in [0.3, 0.4) is 0 Å². The molecule has 8 nitrogen and oxygen atoms in total. The van der Waals surface area contributed by atoms with E-state index < -0.39 is 5.97 Å². The average molecular weight is 434 g/mol. The lowest BCUT2D eigenvalue weighted by Crippen LogP contribution is -2.11. The first kappa shape index (κ1) is 21.2. The van der Waals surface area contributed by atoms with Crippen LogP contribution in [0.15, 0.2) is 47.5 Å². The number of aromatic nitrogens is 1. The lowest BCUT2D eigenvalue weighted by molar-refractivity contribution is 0.0696. The third kappa shape index (κ3) is 3.60. The van der Waals surface area contributed by atoms with Crippen molar-refractivity contribution in [2.75, 3.05) is 28.4 Å². The first-order valence-corrected chi connectivity index (χ1v) is 9.77. The van der Waals surface area contributed by atoms with Crippen LogP contribution in [-0.4, -0.2) is 50.2 Å². The summed E-state index contributed by atoms with van der Waals surface area (Å²) in [5.41, 5.74) is 3.77. The highest BCUT2D eigenvalue weighted by Gasteiger charge is 2.27. The molecule has 0 amide bonds. The summed E-state index contributed by atoms with van der Waals surface area (Å²) < 4.78 is 21.4. The van der Waals surface area contributed by atoms with Crippen LogP contribution in [0.5, 0.6) is 23.0 Å². The molecule has 1 aliphatic heterocycles. The molecule has 0 spiro atoms. The number of aromatic carboxylic acids is 1. The number of methoxy groups -OCH3 is 4. The maximum atomic E-state index is 12.2. The molecule has 4 rings (SSSR count). The molecule has 1 N–H and O–H groups in total. The zero-order valence-electron chi connectivity index (χ0n) is 18.1. The molecule has 2 aromatic carbocycles. The number of aliphatic imine (C=N–C) groups is 1. The van der Waals surface area contributed by atoms with E-state index in [1.165, 1.54) is 21.3 Å². The Morgan fingerprint density at radius 2 is 1.53 bits per heavy atom. The quantitative estimate of drug-likeness (QED) is 0.603. The van der Waals surface area contributed by atoms with Gasteiger partial charge in [-0.05, 0) is 42.5 Å². The van der Waals surface area contributed by atoms with Crippen LogP contribution < -0.4 is 18.9 Å². The molecule has 164 valence electrons. The Morgan fingerprint density at radius 1 is 0.875 bits per heavy atom. The fourth-order valence-electron chi connectivity index (χ4n) is 3.74. The number of carboxylic acid groups (broad SMARTS) is 1. The van der Waals surface area contributed by atoms with Crippen molar-refractivity contribution in [3.05, 3.63) is 64.8 Å². The van der Waals surface area contributed by atoms with Crippen molar-refractivity contribution >= 4 is 11.7 Å². The highest BCUT2D eigenvalue weighted by molar-refractivity contribution is 6.19. The van der Waals surface area contributed by atoms with Gasteiger partial charge in [-0.1, -0.05) is 0 Å². The summed E-state index contributed by atoms with van der Waals surface area (Å²) in [5, 5.41) is 9.98. The van der Waals surface area contributed by atoms with Crippen LogP contribution in [0.2, 0.25) is 0 Å². The first-order chi connectivity index (χ1) is 15.5. The van der Waals surface area contributed by atoms with Gasteiger partial charge in [-0.3, -0.25) is 9.98 Å². The fraction of sp³-hybridized carbons (Fsp3) is 0.208. The van der Waals surface area contributed by atoms with Crippen LogP contribution in [-0.2, 0) is 6.54 Å². The standard InChI is InChI=1S/C24H22N2O6/c1-29-15-7-5-13(6-8-15)22-21-16(24(27)28)11-17(26-18(21)12-25-22)14-9-19(30-2)23(32-4)20(10-14)31-3/h5-11H,12H2,1-4H3,(H,27,28). The predicted molar refractivity (Wildman–Crippen MR) is 119 cm³/mol. The van der Waals surface area contributed by atoms with E-state index in [0.717, 1.165) is 5.56 Å². The molecule has 2 heterocycles. The van der Waals surface area contributed by atoms with E-state index in [1.54, 1.807) is 25.3 Å². The smallest absolute Gasteiger partial charge is 0.336 e. The molecular weight excluding hydrogens is 412 g/mol. The second kappa shape index (κ2) is 8.58. The number of carboxylic acids is 1. The van der Waals surface area contributed by atoms with Gasteiger partial charge in [0.25, 0.3) is 0 Å². The molecule has 0 atom stereocenters. The topological polar surface area (TPSA) is 99.5 Å². The number of nitrogens with zero attached hydrogens (tertiary/aromatic N) is 2. The second-order valence-electron chi connectivity index (χ2n) is 6.99. The Morgan fingerprint density at radius 3 is 2.06 bits per heavy atom. The summed E-state index contributed by atoms with van der Waals surface area (Å²) in [5.74, 6) is 1.01. The molecule has 1 aliphatic rings. The molecular formula is C24H22N2O6. The number of ether oxygens (including phenoxy) is 4. The Bertz CT molecular complexity index is 1190. The molecule has 32 heavy (non-hydrogen) atoms. The summed E-state index contributed by atoms with van der Waals surface area (Å²) in [6.07, 6.45) is 0. The summed E-state index contributed by atoms with van der Waals surface area (Å²) in [7, 11) is 6.16. The SMILES string of the molecule is COc1ccc(C2=NCc3nc(-c4cc(OC)c(OC)c(OC)c4)cc(C(=O)O)c32)cc1. The van der Waals surface area contributed by atoms with Gasteiger partial charge in [0.1, 0.15) is 5.75 Å². The van der Waals surface area contributed by atoms with Gasteiger partial charge in [0, 0.05) is 16.7 Å². The van der Waals surface area contributed by atoms with Gasteiger partial charge >= 0.3 is 5.97 Å². The highest BCUT2D eigenvalue weighted by Crippen LogP contribution is 2.41. The van der Waals surface area contributed by atoms with Crippen molar-refractivity contribution in [2.45, 2.75) is 6.54 Å². The average Bonchev–Trinajstić information content (AvgIpc) is 3.26. The first-order valence-electron chi connectivity index (χ1n) is 9.77. The summed E-state index contributed by atoms with van der Waals surface area (Å²) in [4.78, 5) is 21.5. The van der Waals surface area contributed by atoms with Gasteiger partial charge in [0.15, 0.2) is 11.5 Å². The Kier molecular flexibility index (Phi) is 5.68. The summed E-state index contributed by atoms with van der Waals surface area (Å²) in [6.45, 7) is 0.287. The number of fused-ring (bicyclic) bond motifs is 1. The monoisotopic (exact) mass is 434 g/mol. The van der Waals surface area contributed by atoms with Crippen molar-refractivity contribution in [1.29, 1.82) is 0 Å². The van der Waals surface area contributed by atoms with E-state index in [1.807, 2.05) is 24.3 Å². The molecule has 0 fully saturated rings. The minimum absolute atomic E-state index is 0.130. The second-order valence-corrected chi connectivity index (χ2v) is 6.99. The largest absolute Gasteiger partial charge is 0.497 e. The van der Waals surface area contributed by atoms with Crippen molar-refractivity contribution in [3.8, 4) is 34.3 Å². The van der Waals surface area contributed by atoms with E-state index in [-0.39, 0.29) is 12.1 Å². The molecule has 3 aromatic rings. The maximum absolute atomic E-state index is 12.2. The number of benzene rings is 2. The summed E-state index contributed by atoms with van der Waals surface area (Å²) >= 11 is 0. The number of carbonyl (C=O) groups is 1. The maximum Gasteiger partial charge on any atom is 0.336 e. The fourth-order valence-corrected chi connectivity index (χ4v) is 3.74. The van der Waals surface area contributed by atoms with Gasteiger partial charge in [0.05, 0.1) is 57.6 Å². The van der Waals surface area contributed by atoms with E-state index in [9.17, 15) is 9.90 Å². The molecule has 0 saturated heterocycles. The molecule has 0 bridgehead atoms. The highest BCUT2D eigenvalue weighted by atomic mass is 16.5. The van der Waals surface area contributed by atoms with Crippen LogP contribution in [0.25, 0.3) is 11.3 Å². The Hall–Kier alpha value is -4.07. The van der Waals surface area contributed by atoms with Gasteiger partial charge in [-0.25, -0.2) is 4.79 Å². The number of hydrogen-bond donors (Lipinski definition) is 1. The van der Waals surface area contributed by atoms with Crippen molar-refractivity contribution in [1.82, 2.24) is 4.98 Å². The minimum Gasteiger partial charge on any atom is -0.497 e. The molecule has 1 aromatic heterocycles. The van der Waals surface area contributed by atoms with E-state index in [0.29, 0.717) is 51.2 Å². The third-order valence-corrected chi connectivity index (χ3v) is 5.27. The third-order valence-electron chi connectivity index (χ3n) is 5.27. The van der Waals surface area contributed by atoms with Crippen molar-refractivity contribution < 1.29 is 28.8 Å².